The topological polar surface area (TPSA) is 97.4 Å². The number of rotatable bonds is 16. The van der Waals surface area contributed by atoms with E-state index in [1.54, 1.807) is 48.5 Å². The van der Waals surface area contributed by atoms with Crippen molar-refractivity contribution in [3.05, 3.63) is 78.9 Å². The molecule has 3 rings (SSSR count). The summed E-state index contributed by atoms with van der Waals surface area (Å²) < 4.78 is 27.0. The van der Waals surface area contributed by atoms with E-state index in [1.165, 1.54) is 0 Å². The number of ether oxygens (including phenoxy) is 5. The Balaban J connectivity index is 1.29. The first-order chi connectivity index (χ1) is 18.4. The Kier molecular flexibility index (Phi) is 11.4. The van der Waals surface area contributed by atoms with Crippen molar-refractivity contribution in [3.8, 4) is 17.2 Å². The summed E-state index contributed by atoms with van der Waals surface area (Å²) in [4.78, 5) is 34.8. The Bertz CT molecular complexity index is 1070. The minimum absolute atomic E-state index is 0.0673. The highest BCUT2D eigenvalue weighted by atomic mass is 16.6. The van der Waals surface area contributed by atoms with Gasteiger partial charge in [0, 0.05) is 18.1 Å². The first-order valence-electron chi connectivity index (χ1n) is 12.8. The smallest absolute Gasteiger partial charge is 0.343 e. The van der Waals surface area contributed by atoms with Gasteiger partial charge in [0.05, 0.1) is 25.4 Å². The van der Waals surface area contributed by atoms with Gasteiger partial charge in [0.2, 0.25) is 0 Å². The molecule has 0 bridgehead atoms. The molecular formula is C30H34O8. The van der Waals surface area contributed by atoms with Crippen LogP contribution in [0.4, 0.5) is 0 Å². The molecular weight excluding hydrogens is 488 g/mol. The highest BCUT2D eigenvalue weighted by Crippen LogP contribution is 2.23. The van der Waals surface area contributed by atoms with Gasteiger partial charge in [0.25, 0.3) is 0 Å². The van der Waals surface area contributed by atoms with Crippen molar-refractivity contribution in [1.82, 2.24) is 0 Å². The van der Waals surface area contributed by atoms with Crippen LogP contribution in [0.1, 0.15) is 55.3 Å². The lowest BCUT2D eigenvalue weighted by molar-refractivity contribution is -0.139. The van der Waals surface area contributed by atoms with Crippen molar-refractivity contribution >= 4 is 17.9 Å². The first-order valence-corrected chi connectivity index (χ1v) is 12.8. The third-order valence-electron chi connectivity index (χ3n) is 5.82. The molecule has 1 heterocycles. The molecule has 2 aromatic rings. The predicted molar refractivity (Wildman–Crippen MR) is 141 cm³/mol. The van der Waals surface area contributed by atoms with E-state index in [9.17, 15) is 14.4 Å². The van der Waals surface area contributed by atoms with Gasteiger partial charge < -0.3 is 23.7 Å². The summed E-state index contributed by atoms with van der Waals surface area (Å²) in [7, 11) is 0. The number of benzene rings is 2. The van der Waals surface area contributed by atoms with Gasteiger partial charge in [-0.2, -0.15) is 0 Å². The summed E-state index contributed by atoms with van der Waals surface area (Å²) in [5.74, 6) is 0.606. The Hall–Kier alpha value is -4.07. The molecule has 2 aromatic carbocycles. The second-order valence-electron chi connectivity index (χ2n) is 8.85. The number of hydrogen-bond acceptors (Lipinski definition) is 8. The van der Waals surface area contributed by atoms with Gasteiger partial charge in [-0.15, -0.1) is 0 Å². The largest absolute Gasteiger partial charge is 0.494 e. The van der Waals surface area contributed by atoms with Crippen molar-refractivity contribution in [3.63, 3.8) is 0 Å². The summed E-state index contributed by atoms with van der Waals surface area (Å²) in [5, 5.41) is 0. The van der Waals surface area contributed by atoms with Crippen LogP contribution in [0.2, 0.25) is 0 Å². The molecule has 0 saturated carbocycles. The van der Waals surface area contributed by atoms with Gasteiger partial charge >= 0.3 is 17.9 Å². The first kappa shape index (κ1) is 28.5. The molecule has 38 heavy (non-hydrogen) atoms. The molecule has 1 aliphatic heterocycles. The Morgan fingerprint density at radius 2 is 1.42 bits per heavy atom. The summed E-state index contributed by atoms with van der Waals surface area (Å²) in [6.07, 6.45) is 6.67. The maximum atomic E-state index is 12.5. The average Bonchev–Trinajstić information content (AvgIpc) is 3.25. The Labute approximate surface area is 223 Å². The molecule has 1 aliphatic rings. The van der Waals surface area contributed by atoms with Crippen LogP contribution in [0.3, 0.4) is 0 Å². The van der Waals surface area contributed by atoms with Gasteiger partial charge in [-0.05, 0) is 87.1 Å². The minimum atomic E-state index is -0.463. The van der Waals surface area contributed by atoms with Crippen LogP contribution in [0.15, 0.2) is 73.3 Å². The number of hydrogen-bond donors (Lipinski definition) is 0. The molecule has 0 N–H and O–H groups in total. The minimum Gasteiger partial charge on any atom is -0.494 e. The molecule has 0 spiro atoms. The van der Waals surface area contributed by atoms with Crippen LogP contribution >= 0.6 is 0 Å². The highest BCUT2D eigenvalue weighted by Gasteiger charge is 2.26. The number of cyclic esters (lactones) is 1. The maximum absolute atomic E-state index is 12.5. The monoisotopic (exact) mass is 522 g/mol. The van der Waals surface area contributed by atoms with Crippen LogP contribution in [0, 0.1) is 0 Å². The van der Waals surface area contributed by atoms with Gasteiger partial charge in [-0.3, -0.25) is 0 Å². The fraction of sp³-hybridized carbons (Fsp3) is 0.367. The molecule has 202 valence electrons. The molecule has 0 aromatic heterocycles. The van der Waals surface area contributed by atoms with E-state index >= 15 is 0 Å². The van der Waals surface area contributed by atoms with Crippen LogP contribution in [0.25, 0.3) is 0 Å². The summed E-state index contributed by atoms with van der Waals surface area (Å²) in [6, 6.07) is 13.7. The van der Waals surface area contributed by atoms with Crippen LogP contribution in [-0.4, -0.2) is 43.8 Å². The van der Waals surface area contributed by atoms with Crippen LogP contribution < -0.4 is 14.2 Å². The zero-order valence-electron chi connectivity index (χ0n) is 21.5. The molecule has 0 amide bonds. The number of carbonyl (C=O) groups is 3. The lowest BCUT2D eigenvalue weighted by Crippen LogP contribution is -2.09. The van der Waals surface area contributed by atoms with Gasteiger partial charge in [-0.25, -0.2) is 14.4 Å². The normalized spacial score (nSPS) is 14.5. The van der Waals surface area contributed by atoms with Crippen LogP contribution in [0.5, 0.6) is 17.2 Å². The van der Waals surface area contributed by atoms with E-state index < -0.39 is 11.9 Å². The quantitative estimate of drug-likeness (QED) is 0.122. The molecule has 1 saturated heterocycles. The van der Waals surface area contributed by atoms with Crippen LogP contribution in [-0.2, 0) is 19.1 Å². The third-order valence-corrected chi connectivity index (χ3v) is 5.82. The van der Waals surface area contributed by atoms with E-state index in [0.29, 0.717) is 54.6 Å². The lowest BCUT2D eigenvalue weighted by atomic mass is 10.1. The number of carbonyl (C=O) groups excluding carboxylic acids is 3. The van der Waals surface area contributed by atoms with E-state index in [1.807, 2.05) is 0 Å². The Morgan fingerprint density at radius 1 is 0.842 bits per heavy atom. The number of unbranched alkanes of at least 4 members (excludes halogenated alkanes) is 3. The molecule has 1 fully saturated rings. The molecule has 8 heteroatoms. The maximum Gasteiger partial charge on any atom is 0.343 e. The van der Waals surface area contributed by atoms with Crippen molar-refractivity contribution in [2.75, 3.05) is 19.8 Å². The highest BCUT2D eigenvalue weighted by molar-refractivity contribution is 5.91. The van der Waals surface area contributed by atoms with Crippen molar-refractivity contribution in [1.29, 1.82) is 0 Å². The summed E-state index contributed by atoms with van der Waals surface area (Å²) in [6.45, 7) is 8.49. The molecule has 0 radical (unpaired) electrons. The van der Waals surface area contributed by atoms with Crippen molar-refractivity contribution < 1.29 is 38.1 Å². The van der Waals surface area contributed by atoms with E-state index in [0.717, 1.165) is 44.6 Å². The third kappa shape index (κ3) is 9.76. The second kappa shape index (κ2) is 15.2. The standard InChI is InChI=1S/C30H34O8/c1-3-28(31)36-20-7-4-6-18-34-25-14-16-26(17-15-25)37-30(33)23-10-12-24(13-11-23)35-19-8-5-9-27-21-22(2)29(32)38-27/h3,10-17,27H,1-2,4-9,18-21H2. The lowest BCUT2D eigenvalue weighted by Gasteiger charge is -2.10. The average molecular weight is 523 g/mol. The van der Waals surface area contributed by atoms with Crippen molar-refractivity contribution in [2.24, 2.45) is 0 Å². The van der Waals surface area contributed by atoms with Crippen molar-refractivity contribution in [2.45, 2.75) is 51.0 Å². The zero-order chi connectivity index (χ0) is 27.2. The SMILES string of the molecule is C=CC(=O)OCCCCCOc1ccc(OC(=O)c2ccc(OCCCCC3CC(=C)C(=O)O3)cc2)cc1. The number of esters is 3. The predicted octanol–water partition coefficient (Wildman–Crippen LogP) is 5.60. The molecule has 1 unspecified atom stereocenters. The Morgan fingerprint density at radius 3 is 2.03 bits per heavy atom. The molecule has 8 nitrogen and oxygen atoms in total. The zero-order valence-corrected chi connectivity index (χ0v) is 21.5. The van der Waals surface area contributed by atoms with Gasteiger partial charge in [0.1, 0.15) is 23.4 Å². The van der Waals surface area contributed by atoms with Gasteiger partial charge in [0.15, 0.2) is 0 Å². The summed E-state index contributed by atoms with van der Waals surface area (Å²) in [5.41, 5.74) is 0.959. The molecule has 0 aliphatic carbocycles. The fourth-order valence-corrected chi connectivity index (χ4v) is 3.72. The van der Waals surface area contributed by atoms with E-state index in [-0.39, 0.29) is 12.1 Å². The van der Waals surface area contributed by atoms with Gasteiger partial charge in [-0.1, -0.05) is 13.2 Å². The fourth-order valence-electron chi connectivity index (χ4n) is 3.72. The van der Waals surface area contributed by atoms with E-state index in [4.69, 9.17) is 23.7 Å². The second-order valence-corrected chi connectivity index (χ2v) is 8.85. The van der Waals surface area contributed by atoms with E-state index in [2.05, 4.69) is 13.2 Å². The molecule has 1 atom stereocenters. The summed E-state index contributed by atoms with van der Waals surface area (Å²) >= 11 is 0.